The highest BCUT2D eigenvalue weighted by Gasteiger charge is 2.50. The maximum atomic E-state index is 10.5. The van der Waals surface area contributed by atoms with Crippen LogP contribution in [0.3, 0.4) is 0 Å². The Kier molecular flexibility index (Phi) is 2.01. The summed E-state index contributed by atoms with van der Waals surface area (Å²) in [6.45, 7) is -0.281. The number of cyclic esters (lactones) is 2. The highest BCUT2D eigenvalue weighted by Crippen LogP contribution is 2.18. The Labute approximate surface area is 67.2 Å². The van der Waals surface area contributed by atoms with Crippen LogP contribution in [-0.2, 0) is 19.1 Å². The second-order valence-corrected chi connectivity index (χ2v) is 2.25. The third kappa shape index (κ3) is 1.24. The fourth-order valence-electron chi connectivity index (χ4n) is 0.694. The van der Waals surface area contributed by atoms with E-state index in [9.17, 15) is 9.59 Å². The van der Waals surface area contributed by atoms with Gasteiger partial charge in [-0.1, -0.05) is 0 Å². The van der Waals surface area contributed by atoms with E-state index < -0.39 is 24.0 Å². The zero-order chi connectivity index (χ0) is 9.35. The summed E-state index contributed by atoms with van der Waals surface area (Å²) < 4.78 is 8.50. The zero-order valence-corrected chi connectivity index (χ0v) is 6.02. The molecule has 7 heteroatoms. The van der Waals surface area contributed by atoms with Gasteiger partial charge in [-0.3, -0.25) is 5.73 Å². The van der Waals surface area contributed by atoms with Crippen LogP contribution >= 0.6 is 0 Å². The first-order chi connectivity index (χ1) is 5.49. The van der Waals surface area contributed by atoms with Crippen molar-refractivity contribution in [2.45, 2.75) is 12.0 Å². The van der Waals surface area contributed by atoms with Gasteiger partial charge in [-0.15, -0.1) is 0 Å². The lowest BCUT2D eigenvalue weighted by Gasteiger charge is -2.23. The molecule has 0 radical (unpaired) electrons. The van der Waals surface area contributed by atoms with Gasteiger partial charge < -0.3 is 20.3 Å². The smallest absolute Gasteiger partial charge is 0.398 e. The number of aliphatic hydroxyl groups is 1. The fourth-order valence-corrected chi connectivity index (χ4v) is 0.694. The molecule has 0 amide bonds. The highest BCUT2D eigenvalue weighted by atomic mass is 16.8. The van der Waals surface area contributed by atoms with Gasteiger partial charge in [0.05, 0.1) is 0 Å². The van der Waals surface area contributed by atoms with Gasteiger partial charge in [0.25, 0.3) is 0 Å². The van der Waals surface area contributed by atoms with Crippen molar-refractivity contribution >= 4 is 11.9 Å². The van der Waals surface area contributed by atoms with Gasteiger partial charge in [0, 0.05) is 6.54 Å². The molecule has 1 fully saturated rings. The summed E-state index contributed by atoms with van der Waals surface area (Å²) in [7, 11) is 0. The normalized spacial score (nSPS) is 23.2. The standard InChI is InChI=1S/C5H8N2O5/c6-1-2(8)5(7)11-3(9)4(10)12-5/h2,8H,1,6-7H2. The molecule has 1 rings (SSSR count). The Balaban J connectivity index is 2.76. The first kappa shape index (κ1) is 8.91. The molecule has 1 heterocycles. The van der Waals surface area contributed by atoms with Crippen LogP contribution in [0.4, 0.5) is 0 Å². The summed E-state index contributed by atoms with van der Waals surface area (Å²) in [5.74, 6) is -4.59. The predicted octanol–water partition coefficient (Wildman–Crippen LogP) is -2.98. The molecule has 0 aromatic carbocycles. The van der Waals surface area contributed by atoms with E-state index in [4.69, 9.17) is 16.6 Å². The quantitative estimate of drug-likeness (QED) is 0.302. The molecule has 1 saturated heterocycles. The largest absolute Gasteiger partial charge is 0.421 e. The van der Waals surface area contributed by atoms with Crippen LogP contribution in [0.15, 0.2) is 0 Å². The lowest BCUT2D eigenvalue weighted by atomic mass is 10.3. The molecule has 0 saturated carbocycles. The molecule has 0 aromatic rings. The van der Waals surface area contributed by atoms with Crippen molar-refractivity contribution in [2.75, 3.05) is 6.54 Å². The van der Waals surface area contributed by atoms with Gasteiger partial charge in [-0.25, -0.2) is 9.59 Å². The van der Waals surface area contributed by atoms with E-state index in [2.05, 4.69) is 9.47 Å². The molecule has 1 aliphatic heterocycles. The van der Waals surface area contributed by atoms with Gasteiger partial charge in [-0.05, 0) is 0 Å². The molecular weight excluding hydrogens is 168 g/mol. The van der Waals surface area contributed by atoms with Crippen molar-refractivity contribution in [2.24, 2.45) is 11.5 Å². The Bertz CT molecular complexity index is 212. The Morgan fingerprint density at radius 3 is 2.17 bits per heavy atom. The van der Waals surface area contributed by atoms with E-state index in [1.807, 2.05) is 0 Å². The van der Waals surface area contributed by atoms with Crippen LogP contribution in [0, 0.1) is 0 Å². The number of aliphatic hydroxyl groups excluding tert-OH is 1. The van der Waals surface area contributed by atoms with E-state index in [-0.39, 0.29) is 6.54 Å². The number of carbonyl (C=O) groups is 2. The molecule has 1 atom stereocenters. The summed E-state index contributed by atoms with van der Waals surface area (Å²) in [6, 6.07) is 0. The third-order valence-electron chi connectivity index (χ3n) is 1.36. The monoisotopic (exact) mass is 176 g/mol. The van der Waals surface area contributed by atoms with E-state index >= 15 is 0 Å². The zero-order valence-electron chi connectivity index (χ0n) is 6.02. The maximum Gasteiger partial charge on any atom is 0.421 e. The average Bonchev–Trinajstić information content (AvgIpc) is 2.26. The highest BCUT2D eigenvalue weighted by molar-refractivity contribution is 6.31. The Morgan fingerprint density at radius 2 is 1.83 bits per heavy atom. The number of nitrogens with two attached hydrogens (primary N) is 2. The molecule has 5 N–H and O–H groups in total. The van der Waals surface area contributed by atoms with Crippen LogP contribution in [0.5, 0.6) is 0 Å². The van der Waals surface area contributed by atoms with Crippen molar-refractivity contribution in [3.05, 3.63) is 0 Å². The summed E-state index contributed by atoms with van der Waals surface area (Å²) in [4.78, 5) is 21.0. The first-order valence-corrected chi connectivity index (χ1v) is 3.13. The van der Waals surface area contributed by atoms with Crippen LogP contribution in [0.1, 0.15) is 0 Å². The summed E-state index contributed by atoms with van der Waals surface area (Å²) >= 11 is 0. The van der Waals surface area contributed by atoms with E-state index in [1.165, 1.54) is 0 Å². The number of rotatable bonds is 2. The number of esters is 2. The van der Waals surface area contributed by atoms with Crippen molar-refractivity contribution in [3.8, 4) is 0 Å². The van der Waals surface area contributed by atoms with E-state index in [1.54, 1.807) is 0 Å². The van der Waals surface area contributed by atoms with E-state index in [0.717, 1.165) is 0 Å². The topological polar surface area (TPSA) is 125 Å². The van der Waals surface area contributed by atoms with Crippen LogP contribution in [0.25, 0.3) is 0 Å². The Hall–Kier alpha value is -1.18. The van der Waals surface area contributed by atoms with Crippen LogP contribution < -0.4 is 11.5 Å². The summed E-state index contributed by atoms with van der Waals surface area (Å²) in [5, 5.41) is 9.05. The Morgan fingerprint density at radius 1 is 1.42 bits per heavy atom. The number of hydrogen-bond donors (Lipinski definition) is 3. The minimum atomic E-state index is -2.12. The molecule has 1 aliphatic rings. The second-order valence-electron chi connectivity index (χ2n) is 2.25. The van der Waals surface area contributed by atoms with Crippen molar-refractivity contribution < 1.29 is 24.2 Å². The van der Waals surface area contributed by atoms with Gasteiger partial charge in [0.15, 0.2) is 6.10 Å². The van der Waals surface area contributed by atoms with Crippen molar-refractivity contribution in [1.82, 2.24) is 0 Å². The van der Waals surface area contributed by atoms with Gasteiger partial charge in [0.1, 0.15) is 0 Å². The molecule has 0 aromatic heterocycles. The minimum Gasteiger partial charge on any atom is -0.398 e. The maximum absolute atomic E-state index is 10.5. The lowest BCUT2D eigenvalue weighted by molar-refractivity contribution is -0.214. The third-order valence-corrected chi connectivity index (χ3v) is 1.36. The van der Waals surface area contributed by atoms with Gasteiger partial charge in [-0.2, -0.15) is 0 Å². The molecule has 0 bridgehead atoms. The van der Waals surface area contributed by atoms with Gasteiger partial charge >= 0.3 is 17.8 Å². The lowest BCUT2D eigenvalue weighted by Crippen LogP contribution is -2.55. The average molecular weight is 176 g/mol. The van der Waals surface area contributed by atoms with Gasteiger partial charge in [0.2, 0.25) is 0 Å². The second kappa shape index (κ2) is 2.70. The summed E-state index contributed by atoms with van der Waals surface area (Å²) in [5.41, 5.74) is 10.2. The number of carbonyl (C=O) groups excluding carboxylic acids is 2. The van der Waals surface area contributed by atoms with Crippen LogP contribution in [0.2, 0.25) is 0 Å². The molecule has 0 spiro atoms. The molecule has 1 unspecified atom stereocenters. The van der Waals surface area contributed by atoms with Crippen molar-refractivity contribution in [1.29, 1.82) is 0 Å². The number of ether oxygens (including phenoxy) is 2. The van der Waals surface area contributed by atoms with Crippen molar-refractivity contribution in [3.63, 3.8) is 0 Å². The first-order valence-electron chi connectivity index (χ1n) is 3.13. The van der Waals surface area contributed by atoms with Crippen LogP contribution in [-0.4, -0.2) is 35.6 Å². The molecule has 12 heavy (non-hydrogen) atoms. The summed E-state index contributed by atoms with van der Waals surface area (Å²) in [6.07, 6.45) is -1.42. The minimum absolute atomic E-state index is 0.281. The molecule has 7 nitrogen and oxygen atoms in total. The van der Waals surface area contributed by atoms with E-state index in [0.29, 0.717) is 0 Å². The SMILES string of the molecule is NCC(O)C1(N)OC(=O)C(=O)O1. The number of hydrogen-bond acceptors (Lipinski definition) is 7. The predicted molar refractivity (Wildman–Crippen MR) is 34.2 cm³/mol. The molecular formula is C5H8N2O5. The molecule has 68 valence electrons. The molecule has 0 aliphatic carbocycles. The fraction of sp³-hybridized carbons (Fsp3) is 0.600.